The monoisotopic (exact) mass is 264 g/mol. The zero-order valence-corrected chi connectivity index (χ0v) is 12.2. The molecule has 0 aliphatic heterocycles. The number of rotatable bonds is 5. The Hall–Kier alpha value is -1.71. The Labute approximate surface area is 115 Å². The van der Waals surface area contributed by atoms with E-state index in [4.69, 9.17) is 0 Å². The Bertz CT molecular complexity index is 420. The highest BCUT2D eigenvalue weighted by Gasteiger charge is 2.20. The smallest absolute Gasteiger partial charge is 0.318 e. The van der Waals surface area contributed by atoms with E-state index in [1.165, 1.54) is 0 Å². The van der Waals surface area contributed by atoms with Gasteiger partial charge in [-0.15, -0.1) is 0 Å². The first-order chi connectivity index (χ1) is 8.99. The summed E-state index contributed by atoms with van der Waals surface area (Å²) in [5.74, 6) is 0.225. The lowest BCUT2D eigenvalue weighted by atomic mass is 10.1. The molecule has 4 nitrogen and oxygen atoms in total. The molecule has 1 rings (SSSR count). The Morgan fingerprint density at radius 1 is 1.37 bits per heavy atom. The first-order valence-corrected chi connectivity index (χ1v) is 6.85. The fourth-order valence-corrected chi connectivity index (χ4v) is 1.95. The molecule has 0 fully saturated rings. The van der Waals surface area contributed by atoms with Gasteiger partial charge in [-0.25, -0.2) is 4.79 Å². The van der Waals surface area contributed by atoms with Crippen LogP contribution in [-0.4, -0.2) is 28.6 Å². The van der Waals surface area contributed by atoms with Crippen LogP contribution in [0.25, 0.3) is 0 Å². The second-order valence-corrected chi connectivity index (χ2v) is 4.82. The van der Waals surface area contributed by atoms with Crippen molar-refractivity contribution in [2.45, 2.75) is 46.2 Å². The van der Waals surface area contributed by atoms with Gasteiger partial charge in [-0.05, 0) is 44.9 Å². The Morgan fingerprint density at radius 3 is 2.58 bits per heavy atom. The minimum atomic E-state index is -0.0684. The summed E-state index contributed by atoms with van der Waals surface area (Å²) in [6.07, 6.45) is 0.907. The van der Waals surface area contributed by atoms with Crippen LogP contribution in [0.3, 0.4) is 0 Å². The zero-order valence-electron chi connectivity index (χ0n) is 12.2. The van der Waals surface area contributed by atoms with Crippen LogP contribution < -0.4 is 5.32 Å². The molecule has 0 aromatic heterocycles. The second kappa shape index (κ2) is 7.02. The van der Waals surface area contributed by atoms with E-state index in [9.17, 15) is 9.90 Å². The third kappa shape index (κ3) is 4.16. The number of nitrogens with one attached hydrogen (secondary N) is 1. The lowest BCUT2D eigenvalue weighted by Crippen LogP contribution is -2.44. The topological polar surface area (TPSA) is 52.6 Å². The number of phenolic OH excluding ortho intramolecular Hbond substituents is 1. The van der Waals surface area contributed by atoms with E-state index >= 15 is 0 Å². The summed E-state index contributed by atoms with van der Waals surface area (Å²) in [5, 5.41) is 12.5. The van der Waals surface area contributed by atoms with Crippen molar-refractivity contribution in [2.75, 3.05) is 6.54 Å². The number of benzene rings is 1. The summed E-state index contributed by atoms with van der Waals surface area (Å²) >= 11 is 0. The van der Waals surface area contributed by atoms with Crippen LogP contribution in [0, 0.1) is 0 Å². The van der Waals surface area contributed by atoms with Crippen LogP contribution in [0.15, 0.2) is 24.3 Å². The molecule has 2 amide bonds. The molecule has 0 saturated heterocycles. The molecule has 19 heavy (non-hydrogen) atoms. The number of aromatic hydroxyl groups is 1. The second-order valence-electron chi connectivity index (χ2n) is 4.82. The number of hydrogen-bond acceptors (Lipinski definition) is 2. The lowest BCUT2D eigenvalue weighted by molar-refractivity contribution is 0.179. The molecule has 0 saturated carbocycles. The van der Waals surface area contributed by atoms with Gasteiger partial charge in [-0.2, -0.15) is 0 Å². The van der Waals surface area contributed by atoms with Crippen molar-refractivity contribution in [3.8, 4) is 5.75 Å². The average molecular weight is 264 g/mol. The van der Waals surface area contributed by atoms with Crippen molar-refractivity contribution in [3.63, 3.8) is 0 Å². The SMILES string of the molecule is CC[C@H](C)NC(=O)N(CC)[C@@H](C)c1cccc(O)c1. The highest BCUT2D eigenvalue weighted by Crippen LogP contribution is 2.23. The number of carbonyl (C=O) groups is 1. The van der Waals surface area contributed by atoms with Crippen LogP contribution in [0.4, 0.5) is 4.79 Å². The van der Waals surface area contributed by atoms with E-state index < -0.39 is 0 Å². The quantitative estimate of drug-likeness (QED) is 0.857. The van der Waals surface area contributed by atoms with Crippen LogP contribution in [0.2, 0.25) is 0 Å². The molecule has 0 bridgehead atoms. The van der Waals surface area contributed by atoms with Crippen molar-refractivity contribution in [1.82, 2.24) is 10.2 Å². The molecule has 2 N–H and O–H groups in total. The van der Waals surface area contributed by atoms with Crippen LogP contribution in [-0.2, 0) is 0 Å². The Kier molecular flexibility index (Phi) is 5.67. The Balaban J connectivity index is 2.81. The van der Waals surface area contributed by atoms with Crippen molar-refractivity contribution in [1.29, 1.82) is 0 Å². The van der Waals surface area contributed by atoms with Gasteiger partial charge in [-0.3, -0.25) is 0 Å². The molecule has 0 heterocycles. The molecule has 0 spiro atoms. The van der Waals surface area contributed by atoms with E-state index in [1.807, 2.05) is 33.8 Å². The molecule has 0 aliphatic carbocycles. The molecule has 0 unspecified atom stereocenters. The standard InChI is InChI=1S/C15H24N2O2/c1-5-11(3)16-15(19)17(6-2)12(4)13-8-7-9-14(18)10-13/h7-12,18H,5-6H2,1-4H3,(H,16,19)/t11-,12-/m0/s1. The maximum absolute atomic E-state index is 12.2. The summed E-state index contributed by atoms with van der Waals surface area (Å²) in [5.41, 5.74) is 0.932. The van der Waals surface area contributed by atoms with Gasteiger partial charge in [0, 0.05) is 12.6 Å². The Morgan fingerprint density at radius 2 is 2.05 bits per heavy atom. The van der Waals surface area contributed by atoms with Crippen molar-refractivity contribution in [3.05, 3.63) is 29.8 Å². The highest BCUT2D eigenvalue weighted by molar-refractivity contribution is 5.75. The third-order valence-electron chi connectivity index (χ3n) is 3.40. The van der Waals surface area contributed by atoms with Crippen molar-refractivity contribution in [2.24, 2.45) is 0 Å². The van der Waals surface area contributed by atoms with E-state index in [2.05, 4.69) is 5.32 Å². The van der Waals surface area contributed by atoms with E-state index in [0.717, 1.165) is 12.0 Å². The maximum atomic E-state index is 12.2. The van der Waals surface area contributed by atoms with Gasteiger partial charge in [-0.1, -0.05) is 19.1 Å². The number of nitrogens with zero attached hydrogens (tertiary/aromatic N) is 1. The van der Waals surface area contributed by atoms with Gasteiger partial charge in [0.2, 0.25) is 0 Å². The zero-order chi connectivity index (χ0) is 14.4. The van der Waals surface area contributed by atoms with Gasteiger partial charge in [0.15, 0.2) is 0 Å². The van der Waals surface area contributed by atoms with Gasteiger partial charge in [0.1, 0.15) is 5.75 Å². The number of carbonyl (C=O) groups excluding carboxylic acids is 1. The summed E-state index contributed by atoms with van der Waals surface area (Å²) in [7, 11) is 0. The number of hydrogen-bond donors (Lipinski definition) is 2. The fourth-order valence-electron chi connectivity index (χ4n) is 1.95. The largest absolute Gasteiger partial charge is 0.508 e. The highest BCUT2D eigenvalue weighted by atomic mass is 16.3. The summed E-state index contributed by atoms with van der Waals surface area (Å²) in [6, 6.07) is 7.08. The molecule has 1 aromatic rings. The van der Waals surface area contributed by atoms with Crippen molar-refractivity contribution < 1.29 is 9.90 Å². The van der Waals surface area contributed by atoms with Gasteiger partial charge in [0.05, 0.1) is 6.04 Å². The first kappa shape index (κ1) is 15.3. The number of urea groups is 1. The number of phenols is 1. The van der Waals surface area contributed by atoms with Crippen LogP contribution >= 0.6 is 0 Å². The van der Waals surface area contributed by atoms with Gasteiger partial charge < -0.3 is 15.3 Å². The predicted octanol–water partition coefficient (Wildman–Crippen LogP) is 3.28. The molecular weight excluding hydrogens is 240 g/mol. The molecule has 1 aromatic carbocycles. The number of amides is 2. The van der Waals surface area contributed by atoms with E-state index in [-0.39, 0.29) is 23.9 Å². The van der Waals surface area contributed by atoms with E-state index in [1.54, 1.807) is 23.1 Å². The average Bonchev–Trinajstić information content (AvgIpc) is 2.39. The third-order valence-corrected chi connectivity index (χ3v) is 3.40. The normalized spacial score (nSPS) is 13.7. The lowest BCUT2D eigenvalue weighted by Gasteiger charge is -2.30. The van der Waals surface area contributed by atoms with E-state index in [0.29, 0.717) is 6.54 Å². The molecule has 4 heteroatoms. The molecule has 0 aliphatic rings. The fraction of sp³-hybridized carbons (Fsp3) is 0.533. The molecule has 2 atom stereocenters. The summed E-state index contributed by atoms with van der Waals surface area (Å²) in [4.78, 5) is 14.0. The minimum Gasteiger partial charge on any atom is -0.508 e. The minimum absolute atomic E-state index is 0.0623. The summed E-state index contributed by atoms with van der Waals surface area (Å²) in [6.45, 7) is 8.58. The van der Waals surface area contributed by atoms with Crippen molar-refractivity contribution >= 4 is 6.03 Å². The summed E-state index contributed by atoms with van der Waals surface area (Å²) < 4.78 is 0. The van der Waals surface area contributed by atoms with Crippen LogP contribution in [0.1, 0.15) is 45.7 Å². The van der Waals surface area contributed by atoms with Crippen LogP contribution in [0.5, 0.6) is 5.75 Å². The van der Waals surface area contributed by atoms with Gasteiger partial charge >= 0.3 is 6.03 Å². The van der Waals surface area contributed by atoms with Gasteiger partial charge in [0.25, 0.3) is 0 Å². The molecule has 106 valence electrons. The molecular formula is C15H24N2O2. The maximum Gasteiger partial charge on any atom is 0.318 e. The molecule has 0 radical (unpaired) electrons. The predicted molar refractivity (Wildman–Crippen MR) is 77.2 cm³/mol. The first-order valence-electron chi connectivity index (χ1n) is 6.85.